The summed E-state index contributed by atoms with van der Waals surface area (Å²) in [7, 11) is 2.62. The molecule has 2 saturated carbocycles. The van der Waals surface area contributed by atoms with Crippen molar-refractivity contribution in [1.29, 1.82) is 0 Å². The standard InChI is InChI=1S/C48H60N8O6S/c1-27(2)40(53-47(59)61-5)45(57)55(32-13-9-7-10-14-32)25-38-49-35-21-18-29-23-30(17-20-34(29)42(35)51-38)37-24-31-19-22-36-43(44(31)63-37)52-39(50-36)26-56(33-15-11-8-12-16-33)46(58)41(28(3)4)54-48(60)62-6/h17-24,27-28,32-33,40-41H,7-16,25-26H2,1-6H3,(H,49,51)(H,50,52)(H,53,59)(H,54,60)/t40-,41-/m0/s1. The number of rotatable bonds is 13. The fourth-order valence-electron chi connectivity index (χ4n) is 9.56. The molecule has 3 heterocycles. The van der Waals surface area contributed by atoms with Gasteiger partial charge < -0.3 is 39.9 Å². The first kappa shape index (κ1) is 43.9. The molecule has 3 aromatic heterocycles. The summed E-state index contributed by atoms with van der Waals surface area (Å²) in [5.74, 6) is 0.931. The van der Waals surface area contributed by atoms with Crippen molar-refractivity contribution >= 4 is 78.3 Å². The first-order chi connectivity index (χ1) is 30.4. The van der Waals surface area contributed by atoms with Gasteiger partial charge in [0.2, 0.25) is 11.8 Å². The smallest absolute Gasteiger partial charge is 0.407 e. The molecular formula is C48H60N8O6S. The van der Waals surface area contributed by atoms with Crippen molar-refractivity contribution in [3.8, 4) is 10.4 Å². The Balaban J connectivity index is 1.06. The monoisotopic (exact) mass is 876 g/mol. The lowest BCUT2D eigenvalue weighted by atomic mass is 9.92. The van der Waals surface area contributed by atoms with Crippen LogP contribution in [0.4, 0.5) is 9.59 Å². The van der Waals surface area contributed by atoms with E-state index in [1.54, 1.807) is 11.3 Å². The molecule has 0 radical (unpaired) electrons. The average molecular weight is 877 g/mol. The quantitative estimate of drug-likeness (QED) is 0.0888. The minimum atomic E-state index is -0.712. The van der Waals surface area contributed by atoms with Crippen LogP contribution in [0.2, 0.25) is 0 Å². The topological polar surface area (TPSA) is 175 Å². The highest BCUT2D eigenvalue weighted by Crippen LogP contribution is 2.39. The largest absolute Gasteiger partial charge is 0.453 e. The van der Waals surface area contributed by atoms with Gasteiger partial charge in [0.25, 0.3) is 0 Å². The summed E-state index contributed by atoms with van der Waals surface area (Å²) in [5, 5.41) is 8.72. The van der Waals surface area contributed by atoms with Crippen molar-refractivity contribution in [3.05, 3.63) is 60.2 Å². The molecule has 0 aliphatic heterocycles. The van der Waals surface area contributed by atoms with Crippen LogP contribution in [0.25, 0.3) is 53.4 Å². The second-order valence-corrected chi connectivity index (χ2v) is 19.0. The van der Waals surface area contributed by atoms with Crippen LogP contribution >= 0.6 is 11.3 Å². The molecule has 0 spiro atoms. The predicted molar refractivity (Wildman–Crippen MR) is 247 cm³/mol. The van der Waals surface area contributed by atoms with E-state index in [9.17, 15) is 19.2 Å². The Morgan fingerprint density at radius 2 is 1.16 bits per heavy atom. The van der Waals surface area contributed by atoms with Gasteiger partial charge in [-0.15, -0.1) is 11.3 Å². The Morgan fingerprint density at radius 3 is 1.67 bits per heavy atom. The number of nitrogens with one attached hydrogen (secondary N) is 4. The number of benzene rings is 3. The SMILES string of the molecule is COC(=O)N[C@H](C(=O)N(Cc1nc2c(ccc3cc(-c4cc5ccc6[nH]c(CN(C(=O)[C@@H](NC(=O)OC)C(C)C)C7CCCCC7)nc6c5s4)ccc32)[nH]1)C1CCCCC1)C(C)C. The van der Waals surface area contributed by atoms with Crippen molar-refractivity contribution in [3.63, 3.8) is 0 Å². The van der Waals surface area contributed by atoms with E-state index in [0.717, 1.165) is 118 Å². The third-order valence-electron chi connectivity index (χ3n) is 13.0. The molecule has 2 fully saturated rings. The van der Waals surface area contributed by atoms with Crippen LogP contribution in [0.3, 0.4) is 0 Å². The van der Waals surface area contributed by atoms with Crippen LogP contribution in [0.5, 0.6) is 0 Å². The zero-order valence-corrected chi connectivity index (χ0v) is 38.0. The van der Waals surface area contributed by atoms with Gasteiger partial charge in [-0.1, -0.05) is 90.5 Å². The average Bonchev–Trinajstić information content (AvgIpc) is 4.04. The van der Waals surface area contributed by atoms with Crippen LogP contribution in [0, 0.1) is 11.8 Å². The van der Waals surface area contributed by atoms with E-state index in [4.69, 9.17) is 19.4 Å². The number of ether oxygens (including phenoxy) is 2. The summed E-state index contributed by atoms with van der Waals surface area (Å²) < 4.78 is 10.8. The summed E-state index contributed by atoms with van der Waals surface area (Å²) in [6.45, 7) is 8.36. The van der Waals surface area contributed by atoms with E-state index >= 15 is 0 Å². The van der Waals surface area contributed by atoms with Gasteiger partial charge in [0.15, 0.2) is 0 Å². The Kier molecular flexibility index (Phi) is 13.2. The molecule has 14 nitrogen and oxygen atoms in total. The van der Waals surface area contributed by atoms with E-state index in [-0.39, 0.29) is 35.7 Å². The fraction of sp³-hybridized carbons (Fsp3) is 0.500. The molecule has 0 unspecified atom stereocenters. The molecule has 4 N–H and O–H groups in total. The van der Waals surface area contributed by atoms with Crippen LogP contribution in [0.1, 0.15) is 104 Å². The zero-order valence-electron chi connectivity index (χ0n) is 37.2. The number of H-pyrrole nitrogens is 2. The number of hydrogen-bond donors (Lipinski definition) is 4. The molecule has 63 heavy (non-hydrogen) atoms. The molecule has 8 rings (SSSR count). The minimum absolute atomic E-state index is 0.0647. The van der Waals surface area contributed by atoms with Crippen molar-refractivity contribution in [2.75, 3.05) is 14.2 Å². The van der Waals surface area contributed by atoms with Crippen molar-refractivity contribution < 1.29 is 28.7 Å². The number of amides is 4. The fourth-order valence-corrected chi connectivity index (χ4v) is 10.7. The second-order valence-electron chi connectivity index (χ2n) is 18.0. The molecule has 0 bridgehead atoms. The number of aromatic nitrogens is 4. The molecule has 2 atom stereocenters. The highest BCUT2D eigenvalue weighted by molar-refractivity contribution is 7.23. The van der Waals surface area contributed by atoms with Crippen LogP contribution in [-0.4, -0.2) is 92.1 Å². The number of aromatic amines is 2. The number of hydrogen-bond acceptors (Lipinski definition) is 9. The van der Waals surface area contributed by atoms with Gasteiger partial charge in [0, 0.05) is 22.3 Å². The maximum Gasteiger partial charge on any atom is 0.407 e. The number of thiophene rings is 1. The molecule has 0 saturated heterocycles. The van der Waals surface area contributed by atoms with Gasteiger partial charge in [-0.25, -0.2) is 19.6 Å². The molecular weight excluding hydrogens is 817 g/mol. The number of alkyl carbamates (subject to hydrolysis) is 2. The van der Waals surface area contributed by atoms with E-state index < -0.39 is 24.3 Å². The third kappa shape index (κ3) is 9.34. The molecule has 4 amide bonds. The second kappa shape index (κ2) is 19.0. The van der Waals surface area contributed by atoms with E-state index in [1.165, 1.54) is 14.2 Å². The number of imidazole rings is 2. The maximum atomic E-state index is 14.2. The lowest BCUT2D eigenvalue weighted by molar-refractivity contribution is -0.139. The lowest BCUT2D eigenvalue weighted by Crippen LogP contribution is -2.54. The Labute approximate surface area is 371 Å². The van der Waals surface area contributed by atoms with Crippen molar-refractivity contribution in [2.24, 2.45) is 11.8 Å². The van der Waals surface area contributed by atoms with Gasteiger partial charge in [0.05, 0.1) is 48.6 Å². The van der Waals surface area contributed by atoms with Gasteiger partial charge in [0.1, 0.15) is 29.2 Å². The maximum absolute atomic E-state index is 14.2. The molecule has 334 valence electrons. The number of fused-ring (bicyclic) bond motifs is 6. The van der Waals surface area contributed by atoms with Gasteiger partial charge >= 0.3 is 12.2 Å². The van der Waals surface area contributed by atoms with E-state index in [0.29, 0.717) is 24.7 Å². The summed E-state index contributed by atoms with van der Waals surface area (Å²) in [6, 6.07) is 15.7. The summed E-state index contributed by atoms with van der Waals surface area (Å²) >= 11 is 1.70. The predicted octanol–water partition coefficient (Wildman–Crippen LogP) is 9.56. The Hall–Kier alpha value is -5.70. The number of carbonyl (C=O) groups excluding carboxylic acids is 4. The summed E-state index contributed by atoms with van der Waals surface area (Å²) in [5.41, 5.74) is 4.61. The van der Waals surface area contributed by atoms with Gasteiger partial charge in [-0.2, -0.15) is 0 Å². The highest BCUT2D eigenvalue weighted by Gasteiger charge is 2.36. The molecule has 15 heteroatoms. The van der Waals surface area contributed by atoms with E-state index in [2.05, 4.69) is 69.1 Å². The summed E-state index contributed by atoms with van der Waals surface area (Å²) in [6.07, 6.45) is 9.00. The van der Waals surface area contributed by atoms with Crippen LogP contribution in [0.15, 0.2) is 48.5 Å². The van der Waals surface area contributed by atoms with Gasteiger partial charge in [-0.3, -0.25) is 9.59 Å². The van der Waals surface area contributed by atoms with Crippen molar-refractivity contribution in [1.82, 2.24) is 40.4 Å². The zero-order chi connectivity index (χ0) is 44.4. The Bertz CT molecular complexity index is 2620. The minimum Gasteiger partial charge on any atom is -0.453 e. The van der Waals surface area contributed by atoms with E-state index in [1.807, 2.05) is 37.5 Å². The van der Waals surface area contributed by atoms with Crippen LogP contribution in [-0.2, 0) is 32.2 Å². The normalized spacial score (nSPS) is 16.2. The Morgan fingerprint density at radius 1 is 0.667 bits per heavy atom. The summed E-state index contributed by atoms with van der Waals surface area (Å²) in [4.78, 5) is 75.0. The van der Waals surface area contributed by atoms with Gasteiger partial charge in [-0.05, 0) is 78.1 Å². The number of nitrogens with zero attached hydrogens (tertiary/aromatic N) is 4. The molecule has 2 aliphatic carbocycles. The first-order valence-corrected chi connectivity index (χ1v) is 23.4. The lowest BCUT2D eigenvalue weighted by Gasteiger charge is -2.37. The number of carbonyl (C=O) groups is 4. The van der Waals surface area contributed by atoms with Crippen molar-refractivity contribution in [2.45, 2.75) is 129 Å². The molecule has 3 aromatic carbocycles. The number of methoxy groups -OCH3 is 2. The first-order valence-electron chi connectivity index (χ1n) is 22.5. The van der Waals surface area contributed by atoms with Crippen LogP contribution < -0.4 is 10.6 Å². The molecule has 2 aliphatic rings. The molecule has 6 aromatic rings. The third-order valence-corrected chi connectivity index (χ3v) is 14.2. The highest BCUT2D eigenvalue weighted by atomic mass is 32.1.